The number of carboxylic acid groups (broad SMARTS) is 1. The van der Waals surface area contributed by atoms with Crippen molar-refractivity contribution in [3.05, 3.63) is 38.7 Å². The molecule has 0 spiro atoms. The first-order valence-corrected chi connectivity index (χ1v) is 7.33. The summed E-state index contributed by atoms with van der Waals surface area (Å²) < 4.78 is 0. The number of carbonyl (C=O) groups is 1. The molecule has 0 aromatic carbocycles. The molecular weight excluding hydrogens is 274 g/mol. The standard InChI is InChI=1S/C14H15N3O2S/c1-8-9(2)15-16-13(12(8)14(18)19)17-5-3-11-10(7-17)4-6-20-11/h4,6H,3,5,7H2,1-2H3,(H,18,19). The molecule has 5 nitrogen and oxygen atoms in total. The molecule has 3 heterocycles. The Morgan fingerprint density at radius 2 is 2.20 bits per heavy atom. The van der Waals surface area contributed by atoms with Crippen molar-refractivity contribution in [3.63, 3.8) is 0 Å². The summed E-state index contributed by atoms with van der Waals surface area (Å²) in [7, 11) is 0. The first-order valence-electron chi connectivity index (χ1n) is 6.45. The van der Waals surface area contributed by atoms with Crippen LogP contribution in [0.1, 0.15) is 32.1 Å². The lowest BCUT2D eigenvalue weighted by Gasteiger charge is -2.29. The zero-order valence-electron chi connectivity index (χ0n) is 11.4. The van der Waals surface area contributed by atoms with E-state index in [2.05, 4.69) is 21.6 Å². The monoisotopic (exact) mass is 289 g/mol. The third-order valence-electron chi connectivity index (χ3n) is 3.76. The SMILES string of the molecule is Cc1nnc(N2CCc3sccc3C2)c(C(=O)O)c1C. The Balaban J connectivity index is 2.03. The first-order chi connectivity index (χ1) is 9.58. The van der Waals surface area contributed by atoms with Crippen LogP contribution in [0.2, 0.25) is 0 Å². The fourth-order valence-corrected chi connectivity index (χ4v) is 3.39. The highest BCUT2D eigenvalue weighted by molar-refractivity contribution is 7.10. The summed E-state index contributed by atoms with van der Waals surface area (Å²) in [5, 5.41) is 19.8. The van der Waals surface area contributed by atoms with Gasteiger partial charge in [-0.3, -0.25) is 0 Å². The molecule has 3 rings (SSSR count). The van der Waals surface area contributed by atoms with Gasteiger partial charge in [0.15, 0.2) is 5.82 Å². The van der Waals surface area contributed by atoms with Crippen LogP contribution in [0.5, 0.6) is 0 Å². The average molecular weight is 289 g/mol. The van der Waals surface area contributed by atoms with E-state index in [-0.39, 0.29) is 5.56 Å². The van der Waals surface area contributed by atoms with Crippen molar-refractivity contribution in [1.29, 1.82) is 0 Å². The second kappa shape index (κ2) is 4.86. The summed E-state index contributed by atoms with van der Waals surface area (Å²) in [6.07, 6.45) is 0.931. The molecule has 1 aliphatic rings. The molecule has 0 unspecified atom stereocenters. The maximum Gasteiger partial charge on any atom is 0.339 e. The quantitative estimate of drug-likeness (QED) is 0.919. The summed E-state index contributed by atoms with van der Waals surface area (Å²) in [5.41, 5.74) is 2.90. The van der Waals surface area contributed by atoms with E-state index in [4.69, 9.17) is 0 Å². The molecular formula is C14H15N3O2S. The molecule has 20 heavy (non-hydrogen) atoms. The number of aromatic nitrogens is 2. The lowest BCUT2D eigenvalue weighted by molar-refractivity contribution is 0.0696. The number of hydrogen-bond donors (Lipinski definition) is 1. The summed E-state index contributed by atoms with van der Waals surface area (Å²) in [6.45, 7) is 5.06. The van der Waals surface area contributed by atoms with Gasteiger partial charge in [0.05, 0.1) is 5.69 Å². The predicted molar refractivity (Wildman–Crippen MR) is 77.5 cm³/mol. The van der Waals surface area contributed by atoms with Crippen molar-refractivity contribution in [2.45, 2.75) is 26.8 Å². The number of aryl methyl sites for hydroxylation is 1. The fraction of sp³-hybridized carbons (Fsp3) is 0.357. The van der Waals surface area contributed by atoms with Crippen LogP contribution >= 0.6 is 11.3 Å². The Kier molecular flexibility index (Phi) is 3.17. The van der Waals surface area contributed by atoms with Crippen LogP contribution in [0.15, 0.2) is 11.4 Å². The first kappa shape index (κ1) is 13.1. The third kappa shape index (κ3) is 2.06. The molecule has 0 atom stereocenters. The van der Waals surface area contributed by atoms with Gasteiger partial charge in [0.2, 0.25) is 0 Å². The van der Waals surface area contributed by atoms with Crippen LogP contribution in [0.25, 0.3) is 0 Å². The topological polar surface area (TPSA) is 66.3 Å². The zero-order valence-corrected chi connectivity index (χ0v) is 12.2. The second-order valence-electron chi connectivity index (χ2n) is 4.95. The predicted octanol–water partition coefficient (Wildman–Crippen LogP) is 2.42. The lowest BCUT2D eigenvalue weighted by atomic mass is 10.1. The summed E-state index contributed by atoms with van der Waals surface area (Å²) in [6, 6.07) is 2.10. The van der Waals surface area contributed by atoms with Gasteiger partial charge >= 0.3 is 5.97 Å². The highest BCUT2D eigenvalue weighted by atomic mass is 32.1. The molecule has 1 N–H and O–H groups in total. The van der Waals surface area contributed by atoms with Crippen LogP contribution in [0.4, 0.5) is 5.82 Å². The van der Waals surface area contributed by atoms with E-state index in [0.29, 0.717) is 23.6 Å². The van der Waals surface area contributed by atoms with E-state index in [1.807, 2.05) is 4.90 Å². The number of aromatic carboxylic acids is 1. The van der Waals surface area contributed by atoms with Gasteiger partial charge in [0, 0.05) is 18.0 Å². The Hall–Kier alpha value is -1.95. The van der Waals surface area contributed by atoms with Crippen molar-refractivity contribution < 1.29 is 9.90 Å². The molecule has 0 saturated carbocycles. The van der Waals surface area contributed by atoms with Gasteiger partial charge in [-0.05, 0) is 42.8 Å². The molecule has 0 bridgehead atoms. The Labute approximate surface area is 120 Å². The number of carboxylic acids is 1. The molecule has 1 aliphatic heterocycles. The smallest absolute Gasteiger partial charge is 0.339 e. The Morgan fingerprint density at radius 3 is 2.95 bits per heavy atom. The number of nitrogens with zero attached hydrogens (tertiary/aromatic N) is 3. The van der Waals surface area contributed by atoms with E-state index in [1.165, 1.54) is 10.4 Å². The van der Waals surface area contributed by atoms with E-state index >= 15 is 0 Å². The number of hydrogen-bond acceptors (Lipinski definition) is 5. The van der Waals surface area contributed by atoms with Crippen molar-refractivity contribution in [2.24, 2.45) is 0 Å². The highest BCUT2D eigenvalue weighted by Gasteiger charge is 2.25. The Bertz CT molecular complexity index is 681. The minimum Gasteiger partial charge on any atom is -0.478 e. The number of anilines is 1. The largest absolute Gasteiger partial charge is 0.478 e. The maximum absolute atomic E-state index is 11.5. The van der Waals surface area contributed by atoms with E-state index in [0.717, 1.165) is 13.0 Å². The van der Waals surface area contributed by atoms with Gasteiger partial charge in [-0.15, -0.1) is 16.4 Å². The maximum atomic E-state index is 11.5. The van der Waals surface area contributed by atoms with Crippen molar-refractivity contribution >= 4 is 23.1 Å². The number of thiophene rings is 1. The fourth-order valence-electron chi connectivity index (χ4n) is 2.50. The molecule has 0 saturated heterocycles. The van der Waals surface area contributed by atoms with Crippen LogP contribution in [-0.4, -0.2) is 27.8 Å². The second-order valence-corrected chi connectivity index (χ2v) is 5.96. The van der Waals surface area contributed by atoms with Gasteiger partial charge in [-0.25, -0.2) is 4.79 Å². The zero-order chi connectivity index (χ0) is 14.3. The molecule has 0 radical (unpaired) electrons. The van der Waals surface area contributed by atoms with Crippen molar-refractivity contribution in [1.82, 2.24) is 10.2 Å². The molecule has 0 amide bonds. The molecule has 2 aromatic rings. The van der Waals surface area contributed by atoms with Crippen LogP contribution in [0.3, 0.4) is 0 Å². The van der Waals surface area contributed by atoms with E-state index in [9.17, 15) is 9.90 Å². The van der Waals surface area contributed by atoms with Gasteiger partial charge in [-0.2, -0.15) is 5.10 Å². The van der Waals surface area contributed by atoms with Gasteiger partial charge in [-0.1, -0.05) is 0 Å². The summed E-state index contributed by atoms with van der Waals surface area (Å²) >= 11 is 1.76. The summed E-state index contributed by atoms with van der Waals surface area (Å²) in [5.74, 6) is -0.455. The molecule has 2 aromatic heterocycles. The number of rotatable bonds is 2. The molecule has 6 heteroatoms. The van der Waals surface area contributed by atoms with E-state index < -0.39 is 5.97 Å². The van der Waals surface area contributed by atoms with Crippen molar-refractivity contribution in [3.8, 4) is 0 Å². The Morgan fingerprint density at radius 1 is 1.40 bits per heavy atom. The molecule has 0 fully saturated rings. The number of fused-ring (bicyclic) bond motifs is 1. The van der Waals surface area contributed by atoms with Crippen LogP contribution in [0, 0.1) is 13.8 Å². The lowest BCUT2D eigenvalue weighted by Crippen LogP contribution is -2.32. The summed E-state index contributed by atoms with van der Waals surface area (Å²) in [4.78, 5) is 14.9. The van der Waals surface area contributed by atoms with Gasteiger partial charge in [0.25, 0.3) is 0 Å². The van der Waals surface area contributed by atoms with Gasteiger partial charge < -0.3 is 10.0 Å². The molecule has 0 aliphatic carbocycles. The van der Waals surface area contributed by atoms with Crippen LogP contribution in [-0.2, 0) is 13.0 Å². The minimum atomic E-state index is -0.938. The average Bonchev–Trinajstić information content (AvgIpc) is 2.88. The highest BCUT2D eigenvalue weighted by Crippen LogP contribution is 2.29. The normalized spacial score (nSPS) is 14.2. The van der Waals surface area contributed by atoms with Gasteiger partial charge in [0.1, 0.15) is 5.56 Å². The van der Waals surface area contributed by atoms with E-state index in [1.54, 1.807) is 25.2 Å². The minimum absolute atomic E-state index is 0.274. The van der Waals surface area contributed by atoms with Crippen LogP contribution < -0.4 is 4.90 Å². The molecule has 104 valence electrons. The van der Waals surface area contributed by atoms with Crippen molar-refractivity contribution in [2.75, 3.05) is 11.4 Å². The third-order valence-corrected chi connectivity index (χ3v) is 4.78.